The van der Waals surface area contributed by atoms with Crippen LogP contribution < -0.4 is 10.1 Å². The van der Waals surface area contributed by atoms with Crippen molar-refractivity contribution in [3.63, 3.8) is 0 Å². The van der Waals surface area contributed by atoms with Crippen LogP contribution in [0.15, 0.2) is 60.8 Å². The van der Waals surface area contributed by atoms with Gasteiger partial charge in [-0.15, -0.1) is 5.10 Å². The second kappa shape index (κ2) is 7.13. The Bertz CT molecular complexity index is 983. The topological polar surface area (TPSA) is 51.5 Å². The van der Waals surface area contributed by atoms with E-state index in [1.165, 1.54) is 11.3 Å². The van der Waals surface area contributed by atoms with Crippen LogP contribution in [-0.2, 0) is 0 Å². The maximum Gasteiger partial charge on any atom is 0.214 e. The summed E-state index contributed by atoms with van der Waals surface area (Å²) in [6.07, 6.45) is 1.79. The highest BCUT2D eigenvalue weighted by Crippen LogP contribution is 2.30. The number of aromatic nitrogens is 3. The van der Waals surface area contributed by atoms with Crippen LogP contribution in [0.3, 0.4) is 0 Å². The van der Waals surface area contributed by atoms with Crippen molar-refractivity contribution in [3.8, 4) is 17.0 Å². The molecule has 0 atom stereocenters. The molecule has 0 unspecified atom stereocenters. The number of nitrogens with one attached hydrogen (secondary N) is 1. The molecule has 0 bridgehead atoms. The zero-order valence-electron chi connectivity index (χ0n) is 13.2. The van der Waals surface area contributed by atoms with Gasteiger partial charge in [0.1, 0.15) is 12.4 Å². The smallest absolute Gasteiger partial charge is 0.214 e. The van der Waals surface area contributed by atoms with Gasteiger partial charge in [0.25, 0.3) is 0 Å². The van der Waals surface area contributed by atoms with Gasteiger partial charge in [0.15, 0.2) is 0 Å². The summed E-state index contributed by atoms with van der Waals surface area (Å²) in [6, 6.07) is 17.4. The van der Waals surface area contributed by atoms with E-state index in [0.29, 0.717) is 18.2 Å². The predicted octanol–water partition coefficient (Wildman–Crippen LogP) is 4.60. The van der Waals surface area contributed by atoms with E-state index in [1.807, 2.05) is 59.1 Å². The number of halogens is 1. The lowest BCUT2D eigenvalue weighted by atomic mass is 10.2. The first kappa shape index (κ1) is 15.9. The summed E-state index contributed by atoms with van der Waals surface area (Å²) in [5.41, 5.74) is 1.80. The number of nitrogens with zero attached hydrogens (tertiary/aromatic N) is 3. The fourth-order valence-electron chi connectivity index (χ4n) is 2.46. The summed E-state index contributed by atoms with van der Waals surface area (Å²) in [5.74, 6) is 0.860. The van der Waals surface area contributed by atoms with Gasteiger partial charge in [-0.05, 0) is 18.2 Å². The first-order valence-corrected chi connectivity index (χ1v) is 9.02. The molecule has 0 aliphatic carbocycles. The highest BCUT2D eigenvalue weighted by Gasteiger charge is 2.13. The van der Waals surface area contributed by atoms with Gasteiger partial charge in [0, 0.05) is 5.56 Å². The van der Waals surface area contributed by atoms with Crippen LogP contribution in [0.2, 0.25) is 5.02 Å². The lowest BCUT2D eigenvalue weighted by Gasteiger charge is -2.06. The number of imidazole rings is 1. The second-order valence-electron chi connectivity index (χ2n) is 5.31. The largest absolute Gasteiger partial charge is 0.492 e. The maximum absolute atomic E-state index is 6.29. The third-order valence-electron chi connectivity index (χ3n) is 3.63. The molecule has 2 aromatic carbocycles. The Morgan fingerprint density at radius 3 is 2.72 bits per heavy atom. The zero-order chi connectivity index (χ0) is 17.1. The Balaban J connectivity index is 1.44. The number of para-hydroxylation sites is 1. The number of rotatable bonds is 6. The van der Waals surface area contributed by atoms with E-state index < -0.39 is 0 Å². The van der Waals surface area contributed by atoms with E-state index in [4.69, 9.17) is 16.3 Å². The standard InChI is InChI=1S/C18H15ClN4OS/c19-15-9-5-4-8-14(15)16-12-21-18-23(16)22-17(25-18)20-10-11-24-13-6-2-1-3-7-13/h1-9,12H,10-11H2,(H,20,22). The minimum atomic E-state index is 0.559. The number of hydrogen-bond acceptors (Lipinski definition) is 5. The van der Waals surface area contributed by atoms with Gasteiger partial charge in [0.2, 0.25) is 10.1 Å². The molecule has 0 radical (unpaired) electrons. The predicted molar refractivity (Wildman–Crippen MR) is 102 cm³/mol. The summed E-state index contributed by atoms with van der Waals surface area (Å²) in [6.45, 7) is 1.22. The lowest BCUT2D eigenvalue weighted by Crippen LogP contribution is -2.11. The van der Waals surface area contributed by atoms with E-state index in [9.17, 15) is 0 Å². The Labute approximate surface area is 153 Å². The second-order valence-corrected chi connectivity index (χ2v) is 6.68. The van der Waals surface area contributed by atoms with Crippen molar-refractivity contribution < 1.29 is 4.74 Å². The Morgan fingerprint density at radius 2 is 1.88 bits per heavy atom. The van der Waals surface area contributed by atoms with Crippen molar-refractivity contribution in [2.24, 2.45) is 0 Å². The zero-order valence-corrected chi connectivity index (χ0v) is 14.8. The number of ether oxygens (including phenoxy) is 1. The summed E-state index contributed by atoms with van der Waals surface area (Å²) in [4.78, 5) is 5.24. The average Bonchev–Trinajstić information content (AvgIpc) is 3.21. The van der Waals surface area contributed by atoms with E-state index in [0.717, 1.165) is 27.1 Å². The molecular formula is C18H15ClN4OS. The van der Waals surface area contributed by atoms with Crippen molar-refractivity contribution in [3.05, 3.63) is 65.8 Å². The van der Waals surface area contributed by atoms with E-state index >= 15 is 0 Å². The third kappa shape index (κ3) is 3.45. The molecule has 0 aliphatic rings. The monoisotopic (exact) mass is 370 g/mol. The first-order valence-electron chi connectivity index (χ1n) is 7.82. The van der Waals surface area contributed by atoms with Crippen molar-refractivity contribution in [2.45, 2.75) is 0 Å². The highest BCUT2D eigenvalue weighted by molar-refractivity contribution is 7.20. The number of fused-ring (bicyclic) bond motifs is 1. The molecule has 4 aromatic rings. The Morgan fingerprint density at radius 1 is 1.08 bits per heavy atom. The van der Waals surface area contributed by atoms with Crippen LogP contribution in [0.5, 0.6) is 5.75 Å². The Kier molecular flexibility index (Phi) is 4.54. The van der Waals surface area contributed by atoms with Crippen LogP contribution in [0.1, 0.15) is 0 Å². The van der Waals surface area contributed by atoms with Gasteiger partial charge >= 0.3 is 0 Å². The summed E-state index contributed by atoms with van der Waals surface area (Å²) >= 11 is 7.78. The van der Waals surface area contributed by atoms with Crippen LogP contribution in [0.25, 0.3) is 16.2 Å². The van der Waals surface area contributed by atoms with Crippen molar-refractivity contribution in [1.29, 1.82) is 0 Å². The minimum Gasteiger partial charge on any atom is -0.492 e. The fourth-order valence-corrected chi connectivity index (χ4v) is 3.49. The Hall–Kier alpha value is -2.57. The van der Waals surface area contributed by atoms with Gasteiger partial charge in [-0.25, -0.2) is 9.50 Å². The van der Waals surface area contributed by atoms with Crippen molar-refractivity contribution in [1.82, 2.24) is 14.6 Å². The third-order valence-corrected chi connectivity index (χ3v) is 4.84. The summed E-state index contributed by atoms with van der Waals surface area (Å²) in [5, 5.41) is 9.34. The molecule has 126 valence electrons. The highest BCUT2D eigenvalue weighted by atomic mass is 35.5. The van der Waals surface area contributed by atoms with Crippen LogP contribution in [-0.4, -0.2) is 27.7 Å². The van der Waals surface area contributed by atoms with Gasteiger partial charge in [-0.3, -0.25) is 0 Å². The normalized spacial score (nSPS) is 10.9. The van der Waals surface area contributed by atoms with Crippen molar-refractivity contribution in [2.75, 3.05) is 18.5 Å². The molecule has 1 N–H and O–H groups in total. The van der Waals surface area contributed by atoms with Crippen LogP contribution in [0.4, 0.5) is 5.13 Å². The minimum absolute atomic E-state index is 0.559. The molecular weight excluding hydrogens is 356 g/mol. The molecule has 2 heterocycles. The number of anilines is 1. The molecule has 0 saturated heterocycles. The molecule has 0 fully saturated rings. The van der Waals surface area contributed by atoms with E-state index in [2.05, 4.69) is 15.4 Å². The molecule has 0 spiro atoms. The molecule has 2 aromatic heterocycles. The van der Waals surface area contributed by atoms with Crippen LogP contribution >= 0.6 is 22.9 Å². The summed E-state index contributed by atoms with van der Waals surface area (Å²) in [7, 11) is 0. The van der Waals surface area contributed by atoms with E-state index in [-0.39, 0.29) is 0 Å². The van der Waals surface area contributed by atoms with Gasteiger partial charge in [-0.2, -0.15) is 0 Å². The number of benzene rings is 2. The van der Waals surface area contributed by atoms with Gasteiger partial charge < -0.3 is 10.1 Å². The quantitative estimate of drug-likeness (QED) is 0.504. The maximum atomic E-state index is 6.29. The molecule has 25 heavy (non-hydrogen) atoms. The molecule has 7 heteroatoms. The molecule has 5 nitrogen and oxygen atoms in total. The van der Waals surface area contributed by atoms with Crippen LogP contribution in [0, 0.1) is 0 Å². The van der Waals surface area contributed by atoms with E-state index in [1.54, 1.807) is 6.20 Å². The molecule has 0 aliphatic heterocycles. The fraction of sp³-hybridized carbons (Fsp3) is 0.111. The lowest BCUT2D eigenvalue weighted by molar-refractivity contribution is 0.333. The molecule has 4 rings (SSSR count). The van der Waals surface area contributed by atoms with Gasteiger partial charge in [-0.1, -0.05) is 59.3 Å². The van der Waals surface area contributed by atoms with Gasteiger partial charge in [0.05, 0.1) is 23.5 Å². The van der Waals surface area contributed by atoms with Crippen molar-refractivity contribution >= 4 is 33.0 Å². The average molecular weight is 371 g/mol. The molecule has 0 saturated carbocycles. The SMILES string of the molecule is Clc1ccccc1-c1cnc2sc(NCCOc3ccccc3)nn12. The first-order chi connectivity index (χ1) is 12.3. The summed E-state index contributed by atoms with van der Waals surface area (Å²) < 4.78 is 7.48. The molecule has 0 amide bonds. The number of hydrogen-bond donors (Lipinski definition) is 1.